The molecular weight excluding hydrogens is 358 g/mol. The molecule has 0 bridgehead atoms. The van der Waals surface area contributed by atoms with Crippen LogP contribution in [0.3, 0.4) is 0 Å². The minimum atomic E-state index is -1.01. The summed E-state index contributed by atoms with van der Waals surface area (Å²) < 4.78 is 27.5. The van der Waals surface area contributed by atoms with Gasteiger partial charge in [-0.3, -0.25) is 4.98 Å². The summed E-state index contributed by atoms with van der Waals surface area (Å²) in [5.74, 6) is 0.382. The first kappa shape index (κ1) is 17.0. The summed E-state index contributed by atoms with van der Waals surface area (Å²) in [6.45, 7) is 0.671. The molecule has 0 saturated carbocycles. The Morgan fingerprint density at radius 3 is 2.86 bits per heavy atom. The van der Waals surface area contributed by atoms with Crippen molar-refractivity contribution in [3.63, 3.8) is 0 Å². The van der Waals surface area contributed by atoms with Crippen molar-refractivity contribution in [3.05, 3.63) is 84.1 Å². The number of halogens is 1. The van der Waals surface area contributed by atoms with Crippen LogP contribution in [-0.4, -0.2) is 21.7 Å². The number of nitrogens with zero attached hydrogens (tertiary/aromatic N) is 2. The first-order chi connectivity index (χ1) is 13.7. The highest BCUT2D eigenvalue weighted by molar-refractivity contribution is 6.61. The largest absolute Gasteiger partial charge is 0.491 e. The van der Waals surface area contributed by atoms with Gasteiger partial charge < -0.3 is 19.0 Å². The van der Waals surface area contributed by atoms with Crippen LogP contribution in [0.25, 0.3) is 16.6 Å². The summed E-state index contributed by atoms with van der Waals surface area (Å²) in [5, 5.41) is 10.9. The maximum Gasteiger partial charge on any atom is 0.491 e. The number of ether oxygens (including phenoxy) is 1. The van der Waals surface area contributed by atoms with Gasteiger partial charge in [-0.1, -0.05) is 0 Å². The van der Waals surface area contributed by atoms with E-state index in [0.717, 1.165) is 22.2 Å². The molecule has 3 heterocycles. The fourth-order valence-corrected chi connectivity index (χ4v) is 3.48. The van der Waals surface area contributed by atoms with Gasteiger partial charge in [0.25, 0.3) is 0 Å². The first-order valence-corrected chi connectivity index (χ1v) is 8.94. The van der Waals surface area contributed by atoms with Crippen LogP contribution in [0.5, 0.6) is 5.75 Å². The van der Waals surface area contributed by atoms with Gasteiger partial charge in [-0.15, -0.1) is 0 Å². The Labute approximate surface area is 161 Å². The molecule has 0 amide bonds. The lowest BCUT2D eigenvalue weighted by molar-refractivity contribution is 0.275. The Balaban J connectivity index is 1.47. The third-order valence-corrected chi connectivity index (χ3v) is 4.95. The standard InChI is InChI=1S/C21H16BFN2O3/c23-19-10-16-13-28-22(26)18(16)11-21(19)25-8-5-15-9-17(1-2-20(15)25)27-12-14-3-6-24-7-4-14/h1-11,26H,12-13H2. The Hall–Kier alpha value is -3.16. The van der Waals surface area contributed by atoms with Crippen LogP contribution in [-0.2, 0) is 17.9 Å². The minimum absolute atomic E-state index is 0.221. The maximum atomic E-state index is 14.7. The number of benzene rings is 2. The molecule has 0 fully saturated rings. The second kappa shape index (κ2) is 6.78. The summed E-state index contributed by atoms with van der Waals surface area (Å²) in [5.41, 5.74) is 3.55. The molecule has 28 heavy (non-hydrogen) atoms. The van der Waals surface area contributed by atoms with E-state index in [1.807, 2.05) is 42.6 Å². The van der Waals surface area contributed by atoms with Gasteiger partial charge in [0.05, 0.1) is 17.8 Å². The SMILES string of the molecule is OB1OCc2cc(F)c(-n3ccc4cc(OCc5ccncc5)ccc43)cc21. The molecule has 1 aliphatic rings. The third-order valence-electron chi connectivity index (χ3n) is 4.95. The zero-order valence-corrected chi connectivity index (χ0v) is 14.9. The van der Waals surface area contributed by atoms with Crippen molar-refractivity contribution in [3.8, 4) is 11.4 Å². The lowest BCUT2D eigenvalue weighted by Crippen LogP contribution is -2.28. The second-order valence-electron chi connectivity index (χ2n) is 6.72. The van der Waals surface area contributed by atoms with Crippen molar-refractivity contribution in [1.82, 2.24) is 9.55 Å². The number of hydrogen-bond donors (Lipinski definition) is 1. The predicted octanol–water partition coefficient (Wildman–Crippen LogP) is 2.96. The Morgan fingerprint density at radius 1 is 1.14 bits per heavy atom. The molecule has 0 unspecified atom stereocenters. The molecule has 5 rings (SSSR count). The van der Waals surface area contributed by atoms with E-state index in [2.05, 4.69) is 4.98 Å². The van der Waals surface area contributed by atoms with Crippen LogP contribution >= 0.6 is 0 Å². The fourth-order valence-electron chi connectivity index (χ4n) is 3.48. The molecule has 1 N–H and O–H groups in total. The van der Waals surface area contributed by atoms with Crippen LogP contribution in [0.15, 0.2) is 67.1 Å². The van der Waals surface area contributed by atoms with Crippen LogP contribution < -0.4 is 10.2 Å². The molecule has 7 heteroatoms. The van der Waals surface area contributed by atoms with Crippen molar-refractivity contribution in [2.75, 3.05) is 0 Å². The lowest BCUT2D eigenvalue weighted by Gasteiger charge is -2.11. The van der Waals surface area contributed by atoms with E-state index >= 15 is 0 Å². The van der Waals surface area contributed by atoms with E-state index < -0.39 is 7.12 Å². The quantitative estimate of drug-likeness (QED) is 0.558. The number of hydrogen-bond acceptors (Lipinski definition) is 4. The van der Waals surface area contributed by atoms with Gasteiger partial charge in [0.15, 0.2) is 0 Å². The van der Waals surface area contributed by atoms with Crippen molar-refractivity contribution in [2.24, 2.45) is 0 Å². The van der Waals surface area contributed by atoms with Crippen molar-refractivity contribution >= 4 is 23.5 Å². The smallest absolute Gasteiger partial charge is 0.489 e. The molecule has 0 atom stereocenters. The highest BCUT2D eigenvalue weighted by atomic mass is 19.1. The summed E-state index contributed by atoms with van der Waals surface area (Å²) >= 11 is 0. The van der Waals surface area contributed by atoms with Crippen LogP contribution in [0, 0.1) is 5.82 Å². The summed E-state index contributed by atoms with van der Waals surface area (Å²) in [6.07, 6.45) is 5.27. The van der Waals surface area contributed by atoms with E-state index in [4.69, 9.17) is 9.39 Å². The molecule has 2 aromatic heterocycles. The zero-order chi connectivity index (χ0) is 19.1. The molecule has 1 aliphatic heterocycles. The van der Waals surface area contributed by atoms with Crippen LogP contribution in [0.2, 0.25) is 0 Å². The van der Waals surface area contributed by atoms with Crippen molar-refractivity contribution < 1.29 is 18.8 Å². The summed E-state index contributed by atoms with van der Waals surface area (Å²) in [7, 11) is -1.01. The lowest BCUT2D eigenvalue weighted by atomic mass is 9.79. The molecule has 0 radical (unpaired) electrons. The number of pyridine rings is 1. The average Bonchev–Trinajstić information content (AvgIpc) is 3.29. The zero-order valence-electron chi connectivity index (χ0n) is 14.9. The Bertz CT molecular complexity index is 1160. The molecule has 138 valence electrons. The van der Waals surface area contributed by atoms with Gasteiger partial charge >= 0.3 is 7.12 Å². The molecule has 5 nitrogen and oxygen atoms in total. The fraction of sp³-hybridized carbons (Fsp3) is 0.0952. The van der Waals surface area contributed by atoms with Gasteiger partial charge in [-0.05, 0) is 65.1 Å². The minimum Gasteiger partial charge on any atom is -0.489 e. The molecule has 0 aliphatic carbocycles. The number of aromatic nitrogens is 2. The highest BCUT2D eigenvalue weighted by Gasteiger charge is 2.29. The highest BCUT2D eigenvalue weighted by Crippen LogP contribution is 2.27. The van der Waals surface area contributed by atoms with Gasteiger partial charge in [0.1, 0.15) is 18.2 Å². The van der Waals surface area contributed by atoms with Gasteiger partial charge in [0, 0.05) is 24.0 Å². The van der Waals surface area contributed by atoms with Crippen LogP contribution in [0.4, 0.5) is 4.39 Å². The first-order valence-electron chi connectivity index (χ1n) is 8.94. The van der Waals surface area contributed by atoms with E-state index in [1.165, 1.54) is 6.07 Å². The Kier molecular flexibility index (Phi) is 4.11. The van der Waals surface area contributed by atoms with E-state index in [1.54, 1.807) is 23.0 Å². The second-order valence-corrected chi connectivity index (χ2v) is 6.72. The van der Waals surface area contributed by atoms with Gasteiger partial charge in [-0.25, -0.2) is 4.39 Å². The maximum absolute atomic E-state index is 14.7. The van der Waals surface area contributed by atoms with Crippen LogP contribution in [0.1, 0.15) is 11.1 Å². The molecule has 0 spiro atoms. The monoisotopic (exact) mass is 374 g/mol. The van der Waals surface area contributed by atoms with E-state index in [9.17, 15) is 9.41 Å². The summed E-state index contributed by atoms with van der Waals surface area (Å²) in [6, 6.07) is 14.5. The van der Waals surface area contributed by atoms with E-state index in [0.29, 0.717) is 23.3 Å². The topological polar surface area (TPSA) is 56.5 Å². The number of fused-ring (bicyclic) bond motifs is 2. The van der Waals surface area contributed by atoms with Crippen molar-refractivity contribution in [2.45, 2.75) is 13.2 Å². The summed E-state index contributed by atoms with van der Waals surface area (Å²) in [4.78, 5) is 3.99. The molecule has 4 aromatic rings. The average molecular weight is 374 g/mol. The molecule has 2 aromatic carbocycles. The van der Waals surface area contributed by atoms with E-state index in [-0.39, 0.29) is 12.4 Å². The van der Waals surface area contributed by atoms with Gasteiger partial charge in [0.2, 0.25) is 0 Å². The predicted molar refractivity (Wildman–Crippen MR) is 104 cm³/mol. The molecule has 0 saturated heterocycles. The molecular formula is C21H16BFN2O3. The third kappa shape index (κ3) is 2.94. The number of rotatable bonds is 4. The van der Waals surface area contributed by atoms with Crippen molar-refractivity contribution in [1.29, 1.82) is 0 Å². The normalized spacial score (nSPS) is 13.1. The Morgan fingerprint density at radius 2 is 2.00 bits per heavy atom. The van der Waals surface area contributed by atoms with Gasteiger partial charge in [-0.2, -0.15) is 0 Å².